The van der Waals surface area contributed by atoms with Crippen molar-refractivity contribution >= 4 is 18.0 Å². The highest BCUT2D eigenvalue weighted by molar-refractivity contribution is 5.84. The number of nitriles is 1. The molecule has 9 nitrogen and oxygen atoms in total. The summed E-state index contributed by atoms with van der Waals surface area (Å²) in [5, 5.41) is 8.94. The van der Waals surface area contributed by atoms with Crippen LogP contribution in [0.3, 0.4) is 0 Å². The molecule has 1 fully saturated rings. The molecule has 2 unspecified atom stereocenters. The van der Waals surface area contributed by atoms with Gasteiger partial charge >= 0.3 is 18.0 Å². The SMILES string of the molecule is COC(=O)CC1C(C(=O)OC)N(C(=O)OC(C)(C)C)C[C@H]1Oc1ccc(C#N)cc1. The first kappa shape index (κ1) is 23.0. The fourth-order valence-electron chi connectivity index (χ4n) is 3.24. The van der Waals surface area contributed by atoms with E-state index < -0.39 is 41.7 Å². The van der Waals surface area contributed by atoms with E-state index in [4.69, 9.17) is 24.2 Å². The second-order valence-electron chi connectivity index (χ2n) is 7.84. The summed E-state index contributed by atoms with van der Waals surface area (Å²) in [5.41, 5.74) is -0.315. The molecule has 0 aliphatic carbocycles. The van der Waals surface area contributed by atoms with Gasteiger partial charge in [0, 0.05) is 5.92 Å². The Bertz CT molecular complexity index is 823. The van der Waals surface area contributed by atoms with Gasteiger partial charge in [-0.1, -0.05) is 0 Å². The van der Waals surface area contributed by atoms with E-state index in [1.54, 1.807) is 45.0 Å². The minimum absolute atomic E-state index is 0.0103. The minimum atomic E-state index is -1.08. The molecule has 30 heavy (non-hydrogen) atoms. The van der Waals surface area contributed by atoms with Gasteiger partial charge < -0.3 is 18.9 Å². The van der Waals surface area contributed by atoms with Gasteiger partial charge in [0.2, 0.25) is 0 Å². The lowest BCUT2D eigenvalue weighted by atomic mass is 9.94. The Kier molecular flexibility index (Phi) is 7.27. The number of ether oxygens (including phenoxy) is 4. The van der Waals surface area contributed by atoms with E-state index in [2.05, 4.69) is 0 Å². The highest BCUT2D eigenvalue weighted by atomic mass is 16.6. The van der Waals surface area contributed by atoms with Gasteiger partial charge in [-0.05, 0) is 45.0 Å². The van der Waals surface area contributed by atoms with E-state index in [1.165, 1.54) is 19.1 Å². The van der Waals surface area contributed by atoms with Crippen LogP contribution in [0.5, 0.6) is 5.75 Å². The Balaban J connectivity index is 2.36. The van der Waals surface area contributed by atoms with E-state index in [9.17, 15) is 14.4 Å². The average molecular weight is 418 g/mol. The zero-order valence-corrected chi connectivity index (χ0v) is 17.7. The Hall–Kier alpha value is -3.28. The third kappa shape index (κ3) is 5.63. The summed E-state index contributed by atoms with van der Waals surface area (Å²) >= 11 is 0. The van der Waals surface area contributed by atoms with Gasteiger partial charge in [-0.15, -0.1) is 0 Å². The molecular weight excluding hydrogens is 392 g/mol. The van der Waals surface area contributed by atoms with Crippen LogP contribution in [-0.2, 0) is 23.8 Å². The topological polar surface area (TPSA) is 115 Å². The van der Waals surface area contributed by atoms with Crippen LogP contribution < -0.4 is 4.74 Å². The number of nitrogens with zero attached hydrogens (tertiary/aromatic N) is 2. The van der Waals surface area contributed by atoms with Crippen molar-refractivity contribution in [2.75, 3.05) is 20.8 Å². The summed E-state index contributed by atoms with van der Waals surface area (Å²) < 4.78 is 21.1. The number of hydrogen-bond donors (Lipinski definition) is 0. The predicted octanol–water partition coefficient (Wildman–Crippen LogP) is 2.28. The molecule has 1 aliphatic rings. The van der Waals surface area contributed by atoms with Crippen molar-refractivity contribution in [2.45, 2.75) is 44.9 Å². The maximum absolute atomic E-state index is 12.8. The van der Waals surface area contributed by atoms with E-state index in [-0.39, 0.29) is 13.0 Å². The number of rotatable bonds is 5. The smallest absolute Gasteiger partial charge is 0.411 e. The molecular formula is C21H26N2O7. The number of amides is 1. The van der Waals surface area contributed by atoms with Gasteiger partial charge in [-0.3, -0.25) is 9.69 Å². The molecule has 1 heterocycles. The minimum Gasteiger partial charge on any atom is -0.488 e. The van der Waals surface area contributed by atoms with Gasteiger partial charge in [-0.25, -0.2) is 9.59 Å². The van der Waals surface area contributed by atoms with Crippen LogP contribution in [0.25, 0.3) is 0 Å². The molecule has 1 saturated heterocycles. The Morgan fingerprint density at radius 2 is 1.77 bits per heavy atom. The molecule has 0 N–H and O–H groups in total. The van der Waals surface area contributed by atoms with Crippen molar-refractivity contribution in [2.24, 2.45) is 5.92 Å². The molecule has 9 heteroatoms. The van der Waals surface area contributed by atoms with E-state index >= 15 is 0 Å². The third-order valence-corrected chi connectivity index (χ3v) is 4.57. The second-order valence-corrected chi connectivity index (χ2v) is 7.84. The maximum Gasteiger partial charge on any atom is 0.411 e. The number of carbonyl (C=O) groups excluding carboxylic acids is 3. The predicted molar refractivity (Wildman–Crippen MR) is 104 cm³/mol. The second kappa shape index (κ2) is 9.48. The Labute approximate surface area is 175 Å². The molecule has 0 spiro atoms. The zero-order valence-electron chi connectivity index (χ0n) is 17.7. The molecule has 0 bridgehead atoms. The number of benzene rings is 1. The first-order valence-electron chi connectivity index (χ1n) is 9.40. The van der Waals surface area contributed by atoms with E-state index in [0.717, 1.165) is 0 Å². The first-order chi connectivity index (χ1) is 14.1. The van der Waals surface area contributed by atoms with Crippen LogP contribution in [0, 0.1) is 17.2 Å². The number of carbonyl (C=O) groups is 3. The summed E-state index contributed by atoms with van der Waals surface area (Å²) in [5.74, 6) is -1.51. The Morgan fingerprint density at radius 3 is 2.27 bits per heavy atom. The highest BCUT2D eigenvalue weighted by Gasteiger charge is 2.51. The summed E-state index contributed by atoms with van der Waals surface area (Å²) in [4.78, 5) is 38.5. The summed E-state index contributed by atoms with van der Waals surface area (Å²) in [7, 11) is 2.45. The van der Waals surface area contributed by atoms with Crippen molar-refractivity contribution in [1.82, 2.24) is 4.90 Å². The van der Waals surface area contributed by atoms with E-state index in [0.29, 0.717) is 11.3 Å². The van der Waals surface area contributed by atoms with Gasteiger partial charge in [0.25, 0.3) is 0 Å². The zero-order chi connectivity index (χ0) is 22.5. The largest absolute Gasteiger partial charge is 0.488 e. The summed E-state index contributed by atoms with van der Waals surface area (Å²) in [6.07, 6.45) is -1.57. The fourth-order valence-corrected chi connectivity index (χ4v) is 3.24. The Morgan fingerprint density at radius 1 is 1.13 bits per heavy atom. The summed E-state index contributed by atoms with van der Waals surface area (Å²) in [6.45, 7) is 5.15. The lowest BCUT2D eigenvalue weighted by Gasteiger charge is -2.28. The molecule has 0 saturated carbocycles. The van der Waals surface area contributed by atoms with Gasteiger partial charge in [0.15, 0.2) is 0 Å². The molecule has 0 aromatic heterocycles. The average Bonchev–Trinajstić information content (AvgIpc) is 3.04. The fraction of sp³-hybridized carbons (Fsp3) is 0.524. The molecule has 3 atom stereocenters. The van der Waals surface area contributed by atoms with Crippen LogP contribution in [0.1, 0.15) is 32.8 Å². The van der Waals surface area contributed by atoms with Crippen molar-refractivity contribution in [3.05, 3.63) is 29.8 Å². The number of hydrogen-bond acceptors (Lipinski definition) is 8. The van der Waals surface area contributed by atoms with Crippen molar-refractivity contribution in [3.8, 4) is 11.8 Å². The van der Waals surface area contributed by atoms with Crippen LogP contribution in [-0.4, -0.2) is 61.4 Å². The lowest BCUT2D eigenvalue weighted by Crippen LogP contribution is -2.46. The van der Waals surface area contributed by atoms with Gasteiger partial charge in [0.1, 0.15) is 23.5 Å². The number of likely N-dealkylation sites (tertiary alicyclic amines) is 1. The third-order valence-electron chi connectivity index (χ3n) is 4.57. The lowest BCUT2D eigenvalue weighted by molar-refractivity contribution is -0.149. The maximum atomic E-state index is 12.8. The normalized spacial score (nSPS) is 20.8. The number of methoxy groups -OCH3 is 2. The molecule has 1 aromatic carbocycles. The summed E-state index contributed by atoms with van der Waals surface area (Å²) in [6, 6.07) is 7.33. The highest BCUT2D eigenvalue weighted by Crippen LogP contribution is 2.33. The number of esters is 2. The standard InChI is InChI=1S/C21H26N2O7/c1-21(2,3)30-20(26)23-12-16(29-14-8-6-13(11-22)7-9-14)15(10-17(24)27-4)18(23)19(25)28-5/h6-9,15-16,18H,10,12H2,1-5H3/t15?,16-,18?/m1/s1. The quantitative estimate of drug-likeness (QED) is 0.528. The van der Waals surface area contributed by atoms with Crippen LogP contribution in [0.15, 0.2) is 24.3 Å². The van der Waals surface area contributed by atoms with Crippen molar-refractivity contribution in [1.29, 1.82) is 5.26 Å². The van der Waals surface area contributed by atoms with Crippen molar-refractivity contribution < 1.29 is 33.3 Å². The first-order valence-corrected chi connectivity index (χ1v) is 9.40. The van der Waals surface area contributed by atoms with Crippen molar-refractivity contribution in [3.63, 3.8) is 0 Å². The van der Waals surface area contributed by atoms with Gasteiger partial charge in [0.05, 0.1) is 38.8 Å². The monoisotopic (exact) mass is 418 g/mol. The van der Waals surface area contributed by atoms with Crippen LogP contribution in [0.2, 0.25) is 0 Å². The molecule has 1 aliphatic heterocycles. The molecule has 0 radical (unpaired) electrons. The molecule has 1 aromatic rings. The van der Waals surface area contributed by atoms with Gasteiger partial charge in [-0.2, -0.15) is 5.26 Å². The molecule has 2 rings (SSSR count). The van der Waals surface area contributed by atoms with Crippen LogP contribution in [0.4, 0.5) is 4.79 Å². The van der Waals surface area contributed by atoms with E-state index in [1.807, 2.05) is 6.07 Å². The molecule has 162 valence electrons. The van der Waals surface area contributed by atoms with Crippen LogP contribution >= 0.6 is 0 Å². The molecule has 1 amide bonds.